The van der Waals surface area contributed by atoms with Crippen LogP contribution in [0.25, 0.3) is 0 Å². The monoisotopic (exact) mass is 216 g/mol. The lowest BCUT2D eigenvalue weighted by Gasteiger charge is -2.00. The molecule has 0 atom stereocenters. The van der Waals surface area contributed by atoms with Gasteiger partial charge in [-0.2, -0.15) is 0 Å². The number of rotatable bonds is 2. The maximum absolute atomic E-state index is 5.88. The third-order valence-electron chi connectivity index (χ3n) is 1.53. The van der Waals surface area contributed by atoms with Crippen LogP contribution in [0.15, 0.2) is 23.2 Å². The highest BCUT2D eigenvalue weighted by Crippen LogP contribution is 2.27. The third-order valence-corrected chi connectivity index (χ3v) is 2.09. The lowest BCUT2D eigenvalue weighted by molar-refractivity contribution is 1.24. The lowest BCUT2D eigenvalue weighted by atomic mass is 10.3. The molecular formula is C9H10Cl2N2. The molecular weight excluding hydrogens is 207 g/mol. The molecule has 0 aliphatic heterocycles. The Hall–Kier alpha value is -0.730. The number of benzene rings is 1. The molecule has 0 spiro atoms. The predicted octanol–water partition coefficient (Wildman–Crippen LogP) is 3.39. The van der Waals surface area contributed by atoms with E-state index in [-0.39, 0.29) is 0 Å². The predicted molar refractivity (Wildman–Crippen MR) is 58.0 cm³/mol. The third kappa shape index (κ3) is 2.90. The first-order chi connectivity index (χ1) is 6.13. The summed E-state index contributed by atoms with van der Waals surface area (Å²) in [4.78, 5) is 4.12. The maximum atomic E-state index is 5.88. The second-order valence-electron chi connectivity index (χ2n) is 2.55. The zero-order valence-electron chi connectivity index (χ0n) is 7.22. The molecule has 2 nitrogen and oxygen atoms in total. The van der Waals surface area contributed by atoms with Crippen LogP contribution >= 0.6 is 23.2 Å². The highest BCUT2D eigenvalue weighted by Gasteiger charge is 1.99. The van der Waals surface area contributed by atoms with Crippen LogP contribution in [-0.4, -0.2) is 5.84 Å². The topological polar surface area (TPSA) is 38.4 Å². The van der Waals surface area contributed by atoms with Crippen molar-refractivity contribution in [2.45, 2.75) is 13.3 Å². The summed E-state index contributed by atoms with van der Waals surface area (Å²) < 4.78 is 0. The van der Waals surface area contributed by atoms with E-state index in [2.05, 4.69) is 4.99 Å². The smallest absolute Gasteiger partial charge is 0.0994 e. The van der Waals surface area contributed by atoms with E-state index in [0.29, 0.717) is 28.0 Å². The molecule has 0 aliphatic rings. The maximum Gasteiger partial charge on any atom is 0.0994 e. The van der Waals surface area contributed by atoms with Crippen molar-refractivity contribution >= 4 is 34.7 Å². The van der Waals surface area contributed by atoms with Gasteiger partial charge in [0.05, 0.1) is 16.5 Å². The van der Waals surface area contributed by atoms with Crippen LogP contribution in [0.2, 0.25) is 10.0 Å². The van der Waals surface area contributed by atoms with E-state index in [0.717, 1.165) is 0 Å². The first kappa shape index (κ1) is 10.4. The van der Waals surface area contributed by atoms with Crippen molar-refractivity contribution in [3.05, 3.63) is 28.2 Å². The van der Waals surface area contributed by atoms with Crippen molar-refractivity contribution in [3.63, 3.8) is 0 Å². The van der Waals surface area contributed by atoms with E-state index in [1.807, 2.05) is 6.92 Å². The van der Waals surface area contributed by atoms with Gasteiger partial charge in [0.1, 0.15) is 0 Å². The Balaban J connectivity index is 3.07. The van der Waals surface area contributed by atoms with Gasteiger partial charge in [0.2, 0.25) is 0 Å². The Morgan fingerprint density at radius 3 is 2.77 bits per heavy atom. The highest BCUT2D eigenvalue weighted by molar-refractivity contribution is 6.35. The van der Waals surface area contributed by atoms with E-state index < -0.39 is 0 Å². The summed E-state index contributed by atoms with van der Waals surface area (Å²) in [6, 6.07) is 5.10. The minimum Gasteiger partial charge on any atom is -0.387 e. The van der Waals surface area contributed by atoms with Gasteiger partial charge in [-0.05, 0) is 18.2 Å². The Morgan fingerprint density at radius 1 is 1.46 bits per heavy atom. The number of halogens is 2. The summed E-state index contributed by atoms with van der Waals surface area (Å²) >= 11 is 11.7. The number of hydrogen-bond acceptors (Lipinski definition) is 1. The molecule has 0 bridgehead atoms. The molecule has 1 rings (SSSR count). The number of amidine groups is 1. The van der Waals surface area contributed by atoms with Gasteiger partial charge in [-0.15, -0.1) is 0 Å². The minimum atomic E-state index is 0.546. The summed E-state index contributed by atoms with van der Waals surface area (Å²) in [6.45, 7) is 1.93. The Labute approximate surface area is 87.4 Å². The van der Waals surface area contributed by atoms with Crippen molar-refractivity contribution in [1.29, 1.82) is 0 Å². The van der Waals surface area contributed by atoms with E-state index in [1.165, 1.54) is 0 Å². The van der Waals surface area contributed by atoms with Gasteiger partial charge in [-0.1, -0.05) is 30.1 Å². The van der Waals surface area contributed by atoms with Gasteiger partial charge in [-0.25, -0.2) is 4.99 Å². The molecule has 0 aromatic heterocycles. The molecule has 1 aromatic carbocycles. The highest BCUT2D eigenvalue weighted by atomic mass is 35.5. The van der Waals surface area contributed by atoms with Crippen LogP contribution in [-0.2, 0) is 0 Å². The average Bonchev–Trinajstić information content (AvgIpc) is 2.11. The van der Waals surface area contributed by atoms with Crippen LogP contribution in [0.5, 0.6) is 0 Å². The quantitative estimate of drug-likeness (QED) is 0.598. The van der Waals surface area contributed by atoms with Crippen molar-refractivity contribution in [2.75, 3.05) is 0 Å². The Kier molecular flexibility index (Phi) is 3.58. The molecule has 0 unspecified atom stereocenters. The van der Waals surface area contributed by atoms with Gasteiger partial charge >= 0.3 is 0 Å². The molecule has 4 heteroatoms. The van der Waals surface area contributed by atoms with E-state index in [4.69, 9.17) is 28.9 Å². The average molecular weight is 217 g/mol. The second-order valence-corrected chi connectivity index (χ2v) is 3.40. The summed E-state index contributed by atoms with van der Waals surface area (Å²) in [7, 11) is 0. The van der Waals surface area contributed by atoms with Crippen LogP contribution < -0.4 is 5.73 Å². The minimum absolute atomic E-state index is 0.546. The number of nitrogens with two attached hydrogens (primary N) is 1. The molecule has 2 N–H and O–H groups in total. The lowest BCUT2D eigenvalue weighted by Crippen LogP contribution is -2.08. The summed E-state index contributed by atoms with van der Waals surface area (Å²) in [5.74, 6) is 0.546. The standard InChI is InChI=1S/C9H10Cl2N2/c1-2-9(12)13-8-5-6(10)3-4-7(8)11/h3-5H,2H2,1H3,(H2,12,13). The SMILES string of the molecule is CCC(N)=Nc1cc(Cl)ccc1Cl. The summed E-state index contributed by atoms with van der Waals surface area (Å²) in [5.41, 5.74) is 6.19. The molecule has 70 valence electrons. The Morgan fingerprint density at radius 2 is 2.15 bits per heavy atom. The second kappa shape index (κ2) is 4.49. The fourth-order valence-electron chi connectivity index (χ4n) is 0.805. The molecule has 0 radical (unpaired) electrons. The molecule has 0 fully saturated rings. The van der Waals surface area contributed by atoms with E-state index >= 15 is 0 Å². The number of hydrogen-bond donors (Lipinski definition) is 1. The van der Waals surface area contributed by atoms with Crippen molar-refractivity contribution < 1.29 is 0 Å². The van der Waals surface area contributed by atoms with Crippen LogP contribution in [0, 0.1) is 0 Å². The van der Waals surface area contributed by atoms with Gasteiger partial charge in [0.25, 0.3) is 0 Å². The van der Waals surface area contributed by atoms with Crippen molar-refractivity contribution in [2.24, 2.45) is 10.7 Å². The Bertz CT molecular complexity index is 334. The zero-order valence-corrected chi connectivity index (χ0v) is 8.73. The van der Waals surface area contributed by atoms with Crippen LogP contribution in [0.4, 0.5) is 5.69 Å². The van der Waals surface area contributed by atoms with E-state index in [9.17, 15) is 0 Å². The van der Waals surface area contributed by atoms with Gasteiger partial charge < -0.3 is 5.73 Å². The van der Waals surface area contributed by atoms with Gasteiger partial charge in [0, 0.05) is 11.4 Å². The van der Waals surface area contributed by atoms with Gasteiger partial charge in [-0.3, -0.25) is 0 Å². The van der Waals surface area contributed by atoms with Gasteiger partial charge in [0.15, 0.2) is 0 Å². The van der Waals surface area contributed by atoms with Crippen LogP contribution in [0.1, 0.15) is 13.3 Å². The molecule has 0 saturated carbocycles. The number of aliphatic imine (C=N–C) groups is 1. The molecule has 1 aromatic rings. The van der Waals surface area contributed by atoms with Crippen molar-refractivity contribution in [1.82, 2.24) is 0 Å². The molecule has 0 saturated heterocycles. The van der Waals surface area contributed by atoms with Crippen molar-refractivity contribution in [3.8, 4) is 0 Å². The zero-order chi connectivity index (χ0) is 9.84. The molecule has 0 heterocycles. The summed E-state index contributed by atoms with van der Waals surface area (Å²) in [5, 5.41) is 1.16. The molecule has 0 aliphatic carbocycles. The fourth-order valence-corrected chi connectivity index (χ4v) is 1.13. The first-order valence-corrected chi connectivity index (χ1v) is 4.67. The molecule has 13 heavy (non-hydrogen) atoms. The first-order valence-electron chi connectivity index (χ1n) is 3.91. The molecule has 0 amide bonds. The largest absolute Gasteiger partial charge is 0.387 e. The van der Waals surface area contributed by atoms with Crippen LogP contribution in [0.3, 0.4) is 0 Å². The number of nitrogens with zero attached hydrogens (tertiary/aromatic N) is 1. The van der Waals surface area contributed by atoms with E-state index in [1.54, 1.807) is 18.2 Å². The summed E-state index contributed by atoms with van der Waals surface area (Å²) in [6.07, 6.45) is 0.697. The fraction of sp³-hybridized carbons (Fsp3) is 0.222. The normalized spacial score (nSPS) is 11.8.